The Balaban J connectivity index is 1.84. The number of urea groups is 1. The van der Waals surface area contributed by atoms with E-state index in [1.165, 1.54) is 12.8 Å². The Morgan fingerprint density at radius 3 is 2.47 bits per heavy atom. The van der Waals surface area contributed by atoms with Gasteiger partial charge in [-0.15, -0.1) is 0 Å². The van der Waals surface area contributed by atoms with Crippen LogP contribution in [0.1, 0.15) is 31.2 Å². The molecule has 5 heteroatoms. The third kappa shape index (κ3) is 4.28. The van der Waals surface area contributed by atoms with Crippen molar-refractivity contribution in [2.24, 2.45) is 5.73 Å². The van der Waals surface area contributed by atoms with Gasteiger partial charge < -0.3 is 16.4 Å². The summed E-state index contributed by atoms with van der Waals surface area (Å²) in [6.07, 6.45) is 4.99. The van der Waals surface area contributed by atoms with E-state index in [4.69, 9.17) is 11.1 Å². The van der Waals surface area contributed by atoms with E-state index in [-0.39, 0.29) is 11.9 Å². The number of anilines is 1. The minimum atomic E-state index is -0.147. The number of carbonyl (C=O) groups is 1. The van der Waals surface area contributed by atoms with E-state index >= 15 is 0 Å². The largest absolute Gasteiger partial charge is 0.387 e. The van der Waals surface area contributed by atoms with Crippen molar-refractivity contribution in [2.45, 2.75) is 38.1 Å². The van der Waals surface area contributed by atoms with Gasteiger partial charge >= 0.3 is 6.03 Å². The molecule has 19 heavy (non-hydrogen) atoms. The highest BCUT2D eigenvalue weighted by molar-refractivity contribution is 5.89. The van der Waals surface area contributed by atoms with Gasteiger partial charge in [-0.3, -0.25) is 5.41 Å². The maximum atomic E-state index is 11.8. The molecule has 1 aromatic carbocycles. The molecular weight excluding hydrogens is 240 g/mol. The molecule has 1 aromatic rings. The maximum Gasteiger partial charge on any atom is 0.319 e. The van der Waals surface area contributed by atoms with Crippen molar-refractivity contribution in [1.82, 2.24) is 5.32 Å². The van der Waals surface area contributed by atoms with E-state index in [0.29, 0.717) is 12.5 Å². The molecule has 0 aromatic heterocycles. The smallest absolute Gasteiger partial charge is 0.319 e. The van der Waals surface area contributed by atoms with Crippen LogP contribution in [0.3, 0.4) is 0 Å². The molecule has 2 amide bonds. The Kier molecular flexibility index (Phi) is 4.39. The molecule has 5 N–H and O–H groups in total. The summed E-state index contributed by atoms with van der Waals surface area (Å²) in [7, 11) is 0. The van der Waals surface area contributed by atoms with Crippen LogP contribution in [0.15, 0.2) is 24.3 Å². The molecule has 1 aliphatic rings. The molecule has 0 heterocycles. The average Bonchev–Trinajstić information content (AvgIpc) is 2.83. The summed E-state index contributed by atoms with van der Waals surface area (Å²) in [6, 6.07) is 7.56. The summed E-state index contributed by atoms with van der Waals surface area (Å²) >= 11 is 0. The van der Waals surface area contributed by atoms with Crippen molar-refractivity contribution >= 4 is 17.6 Å². The minimum absolute atomic E-state index is 0.139. The van der Waals surface area contributed by atoms with Crippen molar-refractivity contribution < 1.29 is 4.79 Å². The molecule has 102 valence electrons. The third-order valence-electron chi connectivity index (χ3n) is 3.30. The van der Waals surface area contributed by atoms with Crippen LogP contribution in [0.4, 0.5) is 10.5 Å². The number of amidine groups is 1. The summed E-state index contributed by atoms with van der Waals surface area (Å²) in [5.74, 6) is 0.139. The Bertz CT molecular complexity index is 449. The molecule has 0 unspecified atom stereocenters. The van der Waals surface area contributed by atoms with Crippen LogP contribution in [0.2, 0.25) is 0 Å². The van der Waals surface area contributed by atoms with Crippen LogP contribution >= 0.6 is 0 Å². The third-order valence-corrected chi connectivity index (χ3v) is 3.30. The lowest BCUT2D eigenvalue weighted by molar-refractivity contribution is 0.248. The standard InChI is InChI=1S/C14H20N4O/c15-13(16)9-10-5-7-12(8-6-10)18-14(19)17-11-3-1-2-4-11/h5-8,11H,1-4,9H2,(H3,15,16)(H2,17,18,19). The monoisotopic (exact) mass is 260 g/mol. The number of hydrogen-bond donors (Lipinski definition) is 4. The van der Waals surface area contributed by atoms with Crippen molar-refractivity contribution in [3.63, 3.8) is 0 Å². The molecule has 0 saturated heterocycles. The molecule has 2 rings (SSSR count). The van der Waals surface area contributed by atoms with Crippen LogP contribution in [-0.4, -0.2) is 17.9 Å². The summed E-state index contributed by atoms with van der Waals surface area (Å²) in [4.78, 5) is 11.8. The van der Waals surface area contributed by atoms with E-state index in [0.717, 1.165) is 24.1 Å². The van der Waals surface area contributed by atoms with Crippen molar-refractivity contribution in [2.75, 3.05) is 5.32 Å². The molecule has 1 saturated carbocycles. The van der Waals surface area contributed by atoms with Crippen LogP contribution in [0.25, 0.3) is 0 Å². The average molecular weight is 260 g/mol. The second-order valence-corrected chi connectivity index (χ2v) is 4.98. The second kappa shape index (κ2) is 6.22. The summed E-state index contributed by atoms with van der Waals surface area (Å²) in [5, 5.41) is 13.0. The summed E-state index contributed by atoms with van der Waals surface area (Å²) < 4.78 is 0. The predicted octanol–water partition coefficient (Wildman–Crippen LogP) is 2.23. The van der Waals surface area contributed by atoms with Gasteiger partial charge in [-0.1, -0.05) is 25.0 Å². The number of hydrogen-bond acceptors (Lipinski definition) is 2. The Morgan fingerprint density at radius 2 is 1.89 bits per heavy atom. The summed E-state index contributed by atoms with van der Waals surface area (Å²) in [5.41, 5.74) is 7.06. The molecule has 0 bridgehead atoms. The molecule has 0 aliphatic heterocycles. The number of benzene rings is 1. The molecule has 5 nitrogen and oxygen atoms in total. The molecule has 1 fully saturated rings. The van der Waals surface area contributed by atoms with Crippen LogP contribution < -0.4 is 16.4 Å². The first-order valence-corrected chi connectivity index (χ1v) is 6.63. The Hall–Kier alpha value is -2.04. The van der Waals surface area contributed by atoms with Gasteiger partial charge in [0.1, 0.15) is 0 Å². The fourth-order valence-corrected chi connectivity index (χ4v) is 2.35. The zero-order chi connectivity index (χ0) is 13.7. The molecule has 1 aliphatic carbocycles. The predicted molar refractivity (Wildman–Crippen MR) is 76.5 cm³/mol. The second-order valence-electron chi connectivity index (χ2n) is 4.98. The van der Waals surface area contributed by atoms with Gasteiger partial charge in [-0.05, 0) is 30.5 Å². The highest BCUT2D eigenvalue weighted by atomic mass is 16.2. The van der Waals surface area contributed by atoms with Crippen LogP contribution in [0.5, 0.6) is 0 Å². The number of nitrogens with two attached hydrogens (primary N) is 1. The Morgan fingerprint density at radius 1 is 1.26 bits per heavy atom. The van der Waals surface area contributed by atoms with Gasteiger partial charge in [0, 0.05) is 18.2 Å². The van der Waals surface area contributed by atoms with E-state index in [2.05, 4.69) is 10.6 Å². The lowest BCUT2D eigenvalue weighted by atomic mass is 10.1. The normalized spacial score (nSPS) is 15.2. The molecular formula is C14H20N4O. The van der Waals surface area contributed by atoms with Crippen molar-refractivity contribution in [3.05, 3.63) is 29.8 Å². The van der Waals surface area contributed by atoms with Gasteiger partial charge in [-0.25, -0.2) is 4.79 Å². The maximum absolute atomic E-state index is 11.8. The Labute approximate surface area is 113 Å². The zero-order valence-electron chi connectivity index (χ0n) is 10.9. The lowest BCUT2D eigenvalue weighted by Crippen LogP contribution is -2.36. The number of amides is 2. The SMILES string of the molecule is N=C(N)Cc1ccc(NC(=O)NC2CCCC2)cc1. The van der Waals surface area contributed by atoms with Crippen molar-refractivity contribution in [3.8, 4) is 0 Å². The zero-order valence-corrected chi connectivity index (χ0v) is 10.9. The molecule has 0 atom stereocenters. The van der Waals surface area contributed by atoms with Gasteiger partial charge in [0.2, 0.25) is 0 Å². The molecule has 0 radical (unpaired) electrons. The fraction of sp³-hybridized carbons (Fsp3) is 0.429. The summed E-state index contributed by atoms with van der Waals surface area (Å²) in [6.45, 7) is 0. The van der Waals surface area contributed by atoms with Gasteiger partial charge in [0.15, 0.2) is 0 Å². The first-order valence-electron chi connectivity index (χ1n) is 6.63. The molecule has 0 spiro atoms. The van der Waals surface area contributed by atoms with Gasteiger partial charge in [0.05, 0.1) is 5.84 Å². The number of nitrogens with one attached hydrogen (secondary N) is 3. The van der Waals surface area contributed by atoms with E-state index in [1.807, 2.05) is 24.3 Å². The van der Waals surface area contributed by atoms with Gasteiger partial charge in [-0.2, -0.15) is 0 Å². The van der Waals surface area contributed by atoms with E-state index in [1.54, 1.807) is 0 Å². The highest BCUT2D eigenvalue weighted by Gasteiger charge is 2.16. The van der Waals surface area contributed by atoms with Crippen LogP contribution in [-0.2, 0) is 6.42 Å². The van der Waals surface area contributed by atoms with E-state index < -0.39 is 0 Å². The minimum Gasteiger partial charge on any atom is -0.387 e. The number of rotatable bonds is 4. The highest BCUT2D eigenvalue weighted by Crippen LogP contribution is 2.18. The first kappa shape index (κ1) is 13.4. The van der Waals surface area contributed by atoms with E-state index in [9.17, 15) is 4.79 Å². The first-order chi connectivity index (χ1) is 9.13. The van der Waals surface area contributed by atoms with Gasteiger partial charge in [0.25, 0.3) is 0 Å². The quantitative estimate of drug-likeness (QED) is 0.494. The van der Waals surface area contributed by atoms with Crippen LogP contribution in [0, 0.1) is 5.41 Å². The number of carbonyl (C=O) groups excluding carboxylic acids is 1. The lowest BCUT2D eigenvalue weighted by Gasteiger charge is -2.13. The van der Waals surface area contributed by atoms with Crippen molar-refractivity contribution in [1.29, 1.82) is 5.41 Å². The topological polar surface area (TPSA) is 91.0 Å². The fourth-order valence-electron chi connectivity index (χ4n) is 2.35.